The summed E-state index contributed by atoms with van der Waals surface area (Å²) < 4.78 is 0.900. The van der Waals surface area contributed by atoms with E-state index in [0.717, 1.165) is 16.3 Å². The van der Waals surface area contributed by atoms with E-state index < -0.39 is 0 Å². The van der Waals surface area contributed by atoms with Crippen molar-refractivity contribution in [3.8, 4) is 0 Å². The number of nitrogens with zero attached hydrogens (tertiary/aromatic N) is 1. The van der Waals surface area contributed by atoms with Gasteiger partial charge in [0.2, 0.25) is 0 Å². The smallest absolute Gasteiger partial charge is 0.127 e. The second-order valence-electron chi connectivity index (χ2n) is 4.45. The maximum Gasteiger partial charge on any atom is 0.127 e. The normalized spacial score (nSPS) is 26.3. The first-order valence-electron chi connectivity index (χ1n) is 5.63. The molecule has 0 unspecified atom stereocenters. The molecule has 1 aromatic rings. The average Bonchev–Trinajstić information content (AvgIpc) is 2.22. The fourth-order valence-electron chi connectivity index (χ4n) is 2.10. The number of aromatic nitrogens is 1. The van der Waals surface area contributed by atoms with Crippen LogP contribution in [-0.2, 0) is 0 Å². The molecule has 82 valence electrons. The Morgan fingerprint density at radius 1 is 1.27 bits per heavy atom. The molecule has 0 atom stereocenters. The Kier molecular flexibility index (Phi) is 3.62. The van der Waals surface area contributed by atoms with Crippen LogP contribution < -0.4 is 5.32 Å². The summed E-state index contributed by atoms with van der Waals surface area (Å²) in [7, 11) is 0. The minimum Gasteiger partial charge on any atom is -0.367 e. The molecule has 0 aliphatic heterocycles. The molecule has 0 amide bonds. The highest BCUT2D eigenvalue weighted by Gasteiger charge is 2.17. The van der Waals surface area contributed by atoms with Crippen LogP contribution in [0.15, 0.2) is 22.8 Å². The summed E-state index contributed by atoms with van der Waals surface area (Å²) in [6.45, 7) is 2.34. The quantitative estimate of drug-likeness (QED) is 0.825. The predicted octanol–water partition coefficient (Wildman–Crippen LogP) is 3.83. The maximum absolute atomic E-state index is 4.39. The van der Waals surface area contributed by atoms with E-state index in [9.17, 15) is 0 Å². The first-order chi connectivity index (χ1) is 7.24. The van der Waals surface area contributed by atoms with Crippen molar-refractivity contribution in [2.75, 3.05) is 5.32 Å². The number of hydrogen-bond donors (Lipinski definition) is 1. The number of hydrogen-bond acceptors (Lipinski definition) is 2. The Morgan fingerprint density at radius 3 is 2.67 bits per heavy atom. The van der Waals surface area contributed by atoms with E-state index in [0.29, 0.717) is 6.04 Å². The van der Waals surface area contributed by atoms with Gasteiger partial charge in [-0.1, -0.05) is 13.0 Å². The molecule has 1 aliphatic carbocycles. The van der Waals surface area contributed by atoms with Crippen LogP contribution >= 0.6 is 15.9 Å². The van der Waals surface area contributed by atoms with Gasteiger partial charge in [0.15, 0.2) is 0 Å². The third kappa shape index (κ3) is 3.20. The van der Waals surface area contributed by atoms with Crippen molar-refractivity contribution in [1.82, 2.24) is 4.98 Å². The summed E-state index contributed by atoms with van der Waals surface area (Å²) in [6.07, 6.45) is 5.22. The first kappa shape index (κ1) is 10.9. The Balaban J connectivity index is 1.92. The second kappa shape index (κ2) is 4.97. The zero-order valence-electron chi connectivity index (χ0n) is 9.04. The van der Waals surface area contributed by atoms with E-state index in [1.54, 1.807) is 0 Å². The summed E-state index contributed by atoms with van der Waals surface area (Å²) in [5.74, 6) is 1.89. The van der Waals surface area contributed by atoms with Gasteiger partial charge in [-0.3, -0.25) is 0 Å². The van der Waals surface area contributed by atoms with E-state index in [1.165, 1.54) is 25.7 Å². The van der Waals surface area contributed by atoms with Gasteiger partial charge >= 0.3 is 0 Å². The van der Waals surface area contributed by atoms with Crippen LogP contribution in [0.1, 0.15) is 32.6 Å². The summed E-state index contributed by atoms with van der Waals surface area (Å²) >= 11 is 3.39. The van der Waals surface area contributed by atoms with Crippen LogP contribution in [-0.4, -0.2) is 11.0 Å². The zero-order valence-corrected chi connectivity index (χ0v) is 10.6. The zero-order chi connectivity index (χ0) is 10.7. The number of pyridine rings is 1. The van der Waals surface area contributed by atoms with Crippen molar-refractivity contribution in [3.63, 3.8) is 0 Å². The van der Waals surface area contributed by atoms with E-state index >= 15 is 0 Å². The molecule has 1 aliphatic rings. The summed E-state index contributed by atoms with van der Waals surface area (Å²) in [4.78, 5) is 4.39. The average molecular weight is 269 g/mol. The number of nitrogens with one attached hydrogen (secondary N) is 1. The second-order valence-corrected chi connectivity index (χ2v) is 5.26. The highest BCUT2D eigenvalue weighted by Crippen LogP contribution is 2.25. The fourth-order valence-corrected chi connectivity index (χ4v) is 2.45. The monoisotopic (exact) mass is 268 g/mol. The van der Waals surface area contributed by atoms with Crippen LogP contribution in [0.5, 0.6) is 0 Å². The lowest BCUT2D eigenvalue weighted by Gasteiger charge is -2.27. The van der Waals surface area contributed by atoms with Gasteiger partial charge in [0.25, 0.3) is 0 Å². The third-order valence-corrected chi connectivity index (χ3v) is 3.52. The molecular formula is C12H17BrN2. The van der Waals surface area contributed by atoms with Gasteiger partial charge in [0.1, 0.15) is 10.4 Å². The summed E-state index contributed by atoms with van der Waals surface area (Å²) in [6, 6.07) is 6.62. The number of halogens is 1. The Bertz CT molecular complexity index is 319. The summed E-state index contributed by atoms with van der Waals surface area (Å²) in [5.41, 5.74) is 0. The lowest BCUT2D eigenvalue weighted by atomic mass is 9.87. The lowest BCUT2D eigenvalue weighted by Crippen LogP contribution is -2.25. The molecule has 0 bridgehead atoms. The number of anilines is 1. The fraction of sp³-hybridized carbons (Fsp3) is 0.583. The molecule has 0 saturated heterocycles. The van der Waals surface area contributed by atoms with Gasteiger partial charge in [-0.15, -0.1) is 0 Å². The Labute approximate surface area is 99.6 Å². The number of rotatable bonds is 2. The first-order valence-corrected chi connectivity index (χ1v) is 6.42. The van der Waals surface area contributed by atoms with E-state index in [4.69, 9.17) is 0 Å². The SMILES string of the molecule is CC1CCC(Nc2cccc(Br)n2)CC1. The molecule has 1 saturated carbocycles. The molecule has 2 nitrogen and oxygen atoms in total. The van der Waals surface area contributed by atoms with Gasteiger partial charge in [-0.05, 0) is 59.7 Å². The summed E-state index contributed by atoms with van der Waals surface area (Å²) in [5, 5.41) is 3.50. The molecule has 0 spiro atoms. The molecule has 1 fully saturated rings. The van der Waals surface area contributed by atoms with E-state index in [2.05, 4.69) is 33.2 Å². The van der Waals surface area contributed by atoms with Crippen molar-refractivity contribution < 1.29 is 0 Å². The molecule has 1 heterocycles. The van der Waals surface area contributed by atoms with E-state index in [-0.39, 0.29) is 0 Å². The molecule has 15 heavy (non-hydrogen) atoms. The lowest BCUT2D eigenvalue weighted by molar-refractivity contribution is 0.361. The standard InChI is InChI=1S/C12H17BrN2/c1-9-5-7-10(8-6-9)14-12-4-2-3-11(13)15-12/h2-4,9-10H,5-8H2,1H3,(H,14,15). The van der Waals surface area contributed by atoms with Gasteiger partial charge in [-0.2, -0.15) is 0 Å². The molecule has 3 heteroatoms. The highest BCUT2D eigenvalue weighted by atomic mass is 79.9. The molecule has 1 aromatic heterocycles. The molecule has 1 N–H and O–H groups in total. The predicted molar refractivity (Wildman–Crippen MR) is 67.0 cm³/mol. The topological polar surface area (TPSA) is 24.9 Å². The van der Waals surface area contributed by atoms with E-state index in [1.807, 2.05) is 18.2 Å². The largest absolute Gasteiger partial charge is 0.367 e. The van der Waals surface area contributed by atoms with Crippen LogP contribution in [0.4, 0.5) is 5.82 Å². The minimum atomic E-state index is 0.614. The highest BCUT2D eigenvalue weighted by molar-refractivity contribution is 9.10. The Morgan fingerprint density at radius 2 is 2.00 bits per heavy atom. The van der Waals surface area contributed by atoms with Crippen LogP contribution in [0.2, 0.25) is 0 Å². The van der Waals surface area contributed by atoms with Gasteiger partial charge in [0.05, 0.1) is 0 Å². The molecular weight excluding hydrogens is 252 g/mol. The van der Waals surface area contributed by atoms with Crippen LogP contribution in [0.25, 0.3) is 0 Å². The van der Waals surface area contributed by atoms with Gasteiger partial charge < -0.3 is 5.32 Å². The van der Waals surface area contributed by atoms with Crippen molar-refractivity contribution in [2.45, 2.75) is 38.6 Å². The van der Waals surface area contributed by atoms with Crippen molar-refractivity contribution in [1.29, 1.82) is 0 Å². The Hall–Kier alpha value is -0.570. The van der Waals surface area contributed by atoms with Gasteiger partial charge in [-0.25, -0.2) is 4.98 Å². The van der Waals surface area contributed by atoms with Crippen molar-refractivity contribution >= 4 is 21.7 Å². The van der Waals surface area contributed by atoms with Crippen molar-refractivity contribution in [2.24, 2.45) is 5.92 Å². The van der Waals surface area contributed by atoms with Crippen LogP contribution in [0.3, 0.4) is 0 Å². The van der Waals surface area contributed by atoms with Crippen LogP contribution in [0, 0.1) is 5.92 Å². The van der Waals surface area contributed by atoms with Crippen molar-refractivity contribution in [3.05, 3.63) is 22.8 Å². The maximum atomic E-state index is 4.39. The molecule has 2 rings (SSSR count). The van der Waals surface area contributed by atoms with Gasteiger partial charge in [0, 0.05) is 6.04 Å². The minimum absolute atomic E-state index is 0.614. The third-order valence-electron chi connectivity index (χ3n) is 3.08. The molecule has 0 radical (unpaired) electrons. The molecule has 0 aromatic carbocycles.